The number of nitrogens with zero attached hydrogens (tertiary/aromatic N) is 1. The topological polar surface area (TPSA) is 22.0 Å². The van der Waals surface area contributed by atoms with Crippen molar-refractivity contribution < 1.29 is 4.79 Å². The molecular formula is C13H12Cl3NO. The molecule has 0 spiro atoms. The van der Waals surface area contributed by atoms with Gasteiger partial charge in [0.2, 0.25) is 0 Å². The third-order valence-electron chi connectivity index (χ3n) is 2.72. The van der Waals surface area contributed by atoms with Gasteiger partial charge >= 0.3 is 0 Å². The highest BCUT2D eigenvalue weighted by molar-refractivity contribution is 6.41. The SMILES string of the molecule is CC(C)Cn1c(Cl)c(C=O)c2c(Cl)cc(Cl)cc21. The molecule has 0 aliphatic carbocycles. The molecule has 0 N–H and O–H groups in total. The number of benzene rings is 1. The van der Waals surface area contributed by atoms with E-state index >= 15 is 0 Å². The van der Waals surface area contributed by atoms with E-state index in [0.717, 1.165) is 11.8 Å². The van der Waals surface area contributed by atoms with Crippen LogP contribution in [0.25, 0.3) is 10.9 Å². The summed E-state index contributed by atoms with van der Waals surface area (Å²) < 4.78 is 1.88. The lowest BCUT2D eigenvalue weighted by Crippen LogP contribution is -2.04. The molecule has 0 radical (unpaired) electrons. The number of halogens is 3. The lowest BCUT2D eigenvalue weighted by atomic mass is 10.2. The number of aldehydes is 1. The Bertz CT molecular complexity index is 616. The molecule has 2 rings (SSSR count). The van der Waals surface area contributed by atoms with Crippen molar-refractivity contribution in [3.8, 4) is 0 Å². The molecule has 5 heteroatoms. The van der Waals surface area contributed by atoms with Crippen LogP contribution in [0.5, 0.6) is 0 Å². The molecule has 2 nitrogen and oxygen atoms in total. The molecule has 1 heterocycles. The third kappa shape index (κ3) is 2.25. The van der Waals surface area contributed by atoms with Gasteiger partial charge in [-0.3, -0.25) is 4.79 Å². The Balaban J connectivity index is 2.84. The first-order chi connectivity index (χ1) is 8.45. The highest BCUT2D eigenvalue weighted by Crippen LogP contribution is 2.36. The summed E-state index contributed by atoms with van der Waals surface area (Å²) in [6.07, 6.45) is 0.737. The summed E-state index contributed by atoms with van der Waals surface area (Å²) >= 11 is 18.4. The Morgan fingerprint density at radius 3 is 2.50 bits per heavy atom. The number of hydrogen-bond donors (Lipinski definition) is 0. The van der Waals surface area contributed by atoms with Crippen molar-refractivity contribution in [2.24, 2.45) is 5.92 Å². The third-order valence-corrected chi connectivity index (χ3v) is 3.64. The quantitative estimate of drug-likeness (QED) is 0.726. The van der Waals surface area contributed by atoms with Crippen molar-refractivity contribution in [2.75, 3.05) is 0 Å². The summed E-state index contributed by atoms with van der Waals surface area (Å²) in [4.78, 5) is 11.2. The average molecular weight is 305 g/mol. The van der Waals surface area contributed by atoms with E-state index in [4.69, 9.17) is 34.8 Å². The second-order valence-corrected chi connectivity index (χ2v) is 5.81. The first-order valence-corrected chi connectivity index (χ1v) is 6.71. The minimum absolute atomic E-state index is 0.398. The second-order valence-electron chi connectivity index (χ2n) is 4.61. The van der Waals surface area contributed by atoms with Crippen molar-refractivity contribution in [1.29, 1.82) is 0 Å². The number of hydrogen-bond acceptors (Lipinski definition) is 1. The number of fused-ring (bicyclic) bond motifs is 1. The molecule has 0 saturated carbocycles. The Kier molecular flexibility index (Phi) is 3.90. The fraction of sp³-hybridized carbons (Fsp3) is 0.308. The monoisotopic (exact) mass is 303 g/mol. The largest absolute Gasteiger partial charge is 0.331 e. The molecule has 0 fully saturated rings. The van der Waals surface area contributed by atoms with E-state index in [1.165, 1.54) is 0 Å². The fourth-order valence-electron chi connectivity index (χ4n) is 2.05. The molecule has 0 aliphatic heterocycles. The highest BCUT2D eigenvalue weighted by atomic mass is 35.5. The van der Waals surface area contributed by atoms with E-state index in [0.29, 0.717) is 38.6 Å². The summed E-state index contributed by atoms with van der Waals surface area (Å²) in [6, 6.07) is 3.40. The summed E-state index contributed by atoms with van der Waals surface area (Å²) in [5, 5.41) is 2.06. The van der Waals surface area contributed by atoms with E-state index in [1.54, 1.807) is 12.1 Å². The van der Waals surface area contributed by atoms with Crippen molar-refractivity contribution in [1.82, 2.24) is 4.57 Å². The van der Waals surface area contributed by atoms with E-state index in [-0.39, 0.29) is 0 Å². The van der Waals surface area contributed by atoms with Gasteiger partial charge in [-0.15, -0.1) is 0 Å². The summed E-state index contributed by atoms with van der Waals surface area (Å²) in [5.41, 5.74) is 1.22. The number of aromatic nitrogens is 1. The van der Waals surface area contributed by atoms with Crippen LogP contribution in [0.4, 0.5) is 0 Å². The molecule has 1 aromatic heterocycles. The van der Waals surface area contributed by atoms with Gasteiger partial charge in [0.25, 0.3) is 0 Å². The second kappa shape index (κ2) is 5.12. The van der Waals surface area contributed by atoms with Gasteiger partial charge in [0.15, 0.2) is 6.29 Å². The molecule has 18 heavy (non-hydrogen) atoms. The Morgan fingerprint density at radius 2 is 1.94 bits per heavy atom. The summed E-state index contributed by atoms with van der Waals surface area (Å²) in [7, 11) is 0. The minimum atomic E-state index is 0.398. The fourth-order valence-corrected chi connectivity index (χ4v) is 2.93. The molecular weight excluding hydrogens is 293 g/mol. The van der Waals surface area contributed by atoms with Gasteiger partial charge in [-0.1, -0.05) is 48.7 Å². The molecule has 96 valence electrons. The van der Waals surface area contributed by atoms with Gasteiger partial charge in [-0.25, -0.2) is 0 Å². The lowest BCUT2D eigenvalue weighted by Gasteiger charge is -2.10. The van der Waals surface area contributed by atoms with Crippen molar-refractivity contribution >= 4 is 52.0 Å². The molecule has 0 amide bonds. The van der Waals surface area contributed by atoms with Gasteiger partial charge in [0.1, 0.15) is 5.15 Å². The molecule has 0 bridgehead atoms. The van der Waals surface area contributed by atoms with Gasteiger partial charge in [-0.05, 0) is 18.1 Å². The van der Waals surface area contributed by atoms with Crippen molar-refractivity contribution in [3.63, 3.8) is 0 Å². The summed E-state index contributed by atoms with van der Waals surface area (Å²) in [5.74, 6) is 0.398. The molecule has 0 aliphatic rings. The number of carbonyl (C=O) groups is 1. The van der Waals surface area contributed by atoms with Crippen LogP contribution in [0.2, 0.25) is 15.2 Å². The molecule has 1 aromatic carbocycles. The van der Waals surface area contributed by atoms with E-state index in [9.17, 15) is 4.79 Å². The van der Waals surface area contributed by atoms with Crippen LogP contribution in [0.3, 0.4) is 0 Å². The number of rotatable bonds is 3. The zero-order valence-electron chi connectivity index (χ0n) is 10.0. The first-order valence-electron chi connectivity index (χ1n) is 5.57. The van der Waals surface area contributed by atoms with Crippen molar-refractivity contribution in [2.45, 2.75) is 20.4 Å². The Labute approximate surface area is 120 Å². The molecule has 0 atom stereocenters. The van der Waals surface area contributed by atoms with E-state index in [2.05, 4.69) is 13.8 Å². The van der Waals surface area contributed by atoms with Crippen LogP contribution in [-0.2, 0) is 6.54 Å². The van der Waals surface area contributed by atoms with Crippen LogP contribution >= 0.6 is 34.8 Å². The highest BCUT2D eigenvalue weighted by Gasteiger charge is 2.18. The lowest BCUT2D eigenvalue weighted by molar-refractivity contribution is 0.112. The van der Waals surface area contributed by atoms with Crippen LogP contribution in [-0.4, -0.2) is 10.9 Å². The van der Waals surface area contributed by atoms with Gasteiger partial charge in [0, 0.05) is 17.0 Å². The van der Waals surface area contributed by atoms with Crippen LogP contribution < -0.4 is 0 Å². The predicted octanol–water partition coefficient (Wildman–Crippen LogP) is 5.07. The number of carbonyl (C=O) groups excluding carboxylic acids is 1. The summed E-state index contributed by atoms with van der Waals surface area (Å²) in [6.45, 7) is 4.86. The normalized spacial score (nSPS) is 11.4. The Morgan fingerprint density at radius 1 is 1.28 bits per heavy atom. The zero-order chi connectivity index (χ0) is 13.4. The average Bonchev–Trinajstić information content (AvgIpc) is 2.52. The van der Waals surface area contributed by atoms with Crippen LogP contribution in [0, 0.1) is 5.92 Å². The standard InChI is InChI=1S/C13H12Cl3NO/c1-7(2)5-17-11-4-8(14)3-10(15)12(11)9(6-18)13(17)16/h3-4,6-7H,5H2,1-2H3. The Hall–Kier alpha value is -0.700. The van der Waals surface area contributed by atoms with E-state index in [1.807, 2.05) is 4.57 Å². The first kappa shape index (κ1) is 13.7. The smallest absolute Gasteiger partial charge is 0.153 e. The van der Waals surface area contributed by atoms with Gasteiger partial charge < -0.3 is 4.57 Å². The van der Waals surface area contributed by atoms with Gasteiger partial charge in [0.05, 0.1) is 16.1 Å². The van der Waals surface area contributed by atoms with Crippen LogP contribution in [0.1, 0.15) is 24.2 Å². The maximum Gasteiger partial charge on any atom is 0.153 e. The zero-order valence-corrected chi connectivity index (χ0v) is 12.3. The molecule has 0 saturated heterocycles. The van der Waals surface area contributed by atoms with E-state index < -0.39 is 0 Å². The molecule has 0 unspecified atom stereocenters. The van der Waals surface area contributed by atoms with Crippen LogP contribution in [0.15, 0.2) is 12.1 Å². The van der Waals surface area contributed by atoms with Crippen molar-refractivity contribution in [3.05, 3.63) is 32.9 Å². The minimum Gasteiger partial charge on any atom is -0.331 e. The molecule has 2 aromatic rings. The maximum atomic E-state index is 11.2. The maximum absolute atomic E-state index is 11.2. The van der Waals surface area contributed by atoms with Gasteiger partial charge in [-0.2, -0.15) is 0 Å². The predicted molar refractivity (Wildman–Crippen MR) is 77.2 cm³/mol.